The van der Waals surface area contributed by atoms with Gasteiger partial charge in [0.2, 0.25) is 0 Å². The van der Waals surface area contributed by atoms with Crippen LogP contribution in [-0.4, -0.2) is 19.7 Å². The molecular weight excluding hydrogens is 252 g/mol. The highest BCUT2D eigenvalue weighted by molar-refractivity contribution is 5.74. The van der Waals surface area contributed by atoms with E-state index in [2.05, 4.69) is 31.4 Å². The molecule has 20 heavy (non-hydrogen) atoms. The molecular formula is C16H24N2O2. The van der Waals surface area contributed by atoms with Gasteiger partial charge >= 0.3 is 6.03 Å². The van der Waals surface area contributed by atoms with E-state index in [1.165, 1.54) is 0 Å². The summed E-state index contributed by atoms with van der Waals surface area (Å²) in [5.74, 6) is 0.849. The lowest BCUT2D eigenvalue weighted by molar-refractivity contribution is 0.244. The highest BCUT2D eigenvalue weighted by Crippen LogP contribution is 2.17. The van der Waals surface area contributed by atoms with Crippen molar-refractivity contribution in [2.45, 2.75) is 27.2 Å². The van der Waals surface area contributed by atoms with E-state index in [4.69, 9.17) is 4.74 Å². The summed E-state index contributed by atoms with van der Waals surface area (Å²) < 4.78 is 5.27. The number of carbonyl (C=O) groups excluding carboxylic acids is 1. The highest BCUT2D eigenvalue weighted by atomic mass is 16.5. The van der Waals surface area contributed by atoms with Crippen molar-refractivity contribution < 1.29 is 9.53 Å². The van der Waals surface area contributed by atoms with Gasteiger partial charge in [-0.2, -0.15) is 0 Å². The Hall–Kier alpha value is -1.97. The molecule has 0 radical (unpaired) electrons. The molecule has 4 nitrogen and oxygen atoms in total. The lowest BCUT2D eigenvalue weighted by atomic mass is 9.97. The van der Waals surface area contributed by atoms with Gasteiger partial charge in [0, 0.05) is 12.7 Å². The monoisotopic (exact) mass is 276 g/mol. The van der Waals surface area contributed by atoms with Crippen molar-refractivity contribution in [3.05, 3.63) is 42.1 Å². The van der Waals surface area contributed by atoms with E-state index in [0.29, 0.717) is 6.54 Å². The lowest BCUT2D eigenvalue weighted by Gasteiger charge is -2.11. The number of ether oxygens (including phenoxy) is 1. The number of rotatable bonds is 5. The van der Waals surface area contributed by atoms with Crippen LogP contribution in [0.5, 0.6) is 5.75 Å². The van der Waals surface area contributed by atoms with Crippen LogP contribution in [0.15, 0.2) is 36.5 Å². The second-order valence-electron chi connectivity index (χ2n) is 5.66. The first-order chi connectivity index (χ1) is 9.42. The Kier molecular flexibility index (Phi) is 6.10. The average molecular weight is 276 g/mol. The first-order valence-corrected chi connectivity index (χ1v) is 6.76. The average Bonchev–Trinajstić information content (AvgIpc) is 2.38. The van der Waals surface area contributed by atoms with Crippen LogP contribution in [0.25, 0.3) is 0 Å². The van der Waals surface area contributed by atoms with Gasteiger partial charge < -0.3 is 15.4 Å². The van der Waals surface area contributed by atoms with Crippen molar-refractivity contribution in [3.63, 3.8) is 0 Å². The summed E-state index contributed by atoms with van der Waals surface area (Å²) in [6.07, 6.45) is 4.37. The van der Waals surface area contributed by atoms with Crippen molar-refractivity contribution in [1.29, 1.82) is 0 Å². The van der Waals surface area contributed by atoms with Gasteiger partial charge in [-0.05, 0) is 23.5 Å². The van der Waals surface area contributed by atoms with Crippen LogP contribution in [-0.2, 0) is 6.42 Å². The van der Waals surface area contributed by atoms with Crippen molar-refractivity contribution in [3.8, 4) is 5.75 Å². The predicted octanol–water partition coefficient (Wildman–Crippen LogP) is 3.10. The highest BCUT2D eigenvalue weighted by Gasteiger charge is 2.05. The fourth-order valence-electron chi connectivity index (χ4n) is 1.64. The van der Waals surface area contributed by atoms with Gasteiger partial charge in [0.25, 0.3) is 0 Å². The third kappa shape index (κ3) is 6.27. The maximum Gasteiger partial charge on any atom is 0.318 e. The first-order valence-electron chi connectivity index (χ1n) is 6.76. The number of amides is 2. The zero-order chi connectivity index (χ0) is 15.0. The maximum absolute atomic E-state index is 11.6. The molecule has 1 rings (SSSR count). The van der Waals surface area contributed by atoms with E-state index >= 15 is 0 Å². The minimum absolute atomic E-state index is 0.0602. The van der Waals surface area contributed by atoms with Crippen LogP contribution < -0.4 is 15.4 Å². The molecule has 0 saturated carbocycles. The largest absolute Gasteiger partial charge is 0.496 e. The van der Waals surface area contributed by atoms with E-state index in [0.717, 1.165) is 17.7 Å². The Morgan fingerprint density at radius 3 is 2.65 bits per heavy atom. The van der Waals surface area contributed by atoms with Crippen molar-refractivity contribution in [1.82, 2.24) is 10.6 Å². The first kappa shape index (κ1) is 16.1. The molecule has 110 valence electrons. The molecule has 1 aromatic carbocycles. The lowest BCUT2D eigenvalue weighted by Crippen LogP contribution is -2.33. The summed E-state index contributed by atoms with van der Waals surface area (Å²) in [6, 6.07) is 7.61. The minimum Gasteiger partial charge on any atom is -0.496 e. The number of urea groups is 1. The molecule has 0 atom stereocenters. The molecule has 0 fully saturated rings. The zero-order valence-electron chi connectivity index (χ0n) is 12.7. The Morgan fingerprint density at radius 2 is 2.00 bits per heavy atom. The van der Waals surface area contributed by atoms with Crippen LogP contribution in [0.3, 0.4) is 0 Å². The van der Waals surface area contributed by atoms with E-state index in [9.17, 15) is 4.79 Å². The molecule has 0 spiro atoms. The molecule has 0 aliphatic carbocycles. The number of nitrogens with one attached hydrogen (secondary N) is 2. The summed E-state index contributed by atoms with van der Waals surface area (Å²) in [5, 5.41) is 5.50. The van der Waals surface area contributed by atoms with Gasteiger partial charge in [-0.3, -0.25) is 0 Å². The summed E-state index contributed by atoms with van der Waals surface area (Å²) in [7, 11) is 1.65. The second kappa shape index (κ2) is 7.58. The Labute approximate surface area is 121 Å². The smallest absolute Gasteiger partial charge is 0.318 e. The SMILES string of the molecule is COc1ccccc1CCNC(=O)N/C=C/C(C)(C)C. The quantitative estimate of drug-likeness (QED) is 0.868. The third-order valence-corrected chi connectivity index (χ3v) is 2.67. The van der Waals surface area contributed by atoms with Crippen LogP contribution in [0, 0.1) is 5.41 Å². The van der Waals surface area contributed by atoms with Gasteiger partial charge in [0.05, 0.1) is 7.11 Å². The number of para-hydroxylation sites is 1. The van der Waals surface area contributed by atoms with Crippen molar-refractivity contribution >= 4 is 6.03 Å². The number of allylic oxidation sites excluding steroid dienone is 1. The Balaban J connectivity index is 2.34. The molecule has 1 aromatic rings. The molecule has 0 aliphatic rings. The second-order valence-corrected chi connectivity index (χ2v) is 5.66. The van der Waals surface area contributed by atoms with Gasteiger partial charge in [-0.15, -0.1) is 0 Å². The van der Waals surface area contributed by atoms with Gasteiger partial charge in [0.15, 0.2) is 0 Å². The van der Waals surface area contributed by atoms with Gasteiger partial charge in [-0.1, -0.05) is 45.0 Å². The molecule has 0 unspecified atom stereocenters. The maximum atomic E-state index is 11.6. The number of carbonyl (C=O) groups is 1. The number of hydrogen-bond acceptors (Lipinski definition) is 2. The number of hydrogen-bond donors (Lipinski definition) is 2. The fourth-order valence-corrected chi connectivity index (χ4v) is 1.64. The zero-order valence-corrected chi connectivity index (χ0v) is 12.7. The fraction of sp³-hybridized carbons (Fsp3) is 0.438. The number of benzene rings is 1. The summed E-state index contributed by atoms with van der Waals surface area (Å²) in [4.78, 5) is 11.6. The van der Waals surface area contributed by atoms with E-state index in [1.54, 1.807) is 13.3 Å². The molecule has 0 bridgehead atoms. The molecule has 0 heterocycles. The van der Waals surface area contributed by atoms with E-state index in [-0.39, 0.29) is 11.4 Å². The van der Waals surface area contributed by atoms with E-state index < -0.39 is 0 Å². The third-order valence-electron chi connectivity index (χ3n) is 2.67. The summed E-state index contributed by atoms with van der Waals surface area (Å²) >= 11 is 0. The van der Waals surface area contributed by atoms with E-state index in [1.807, 2.05) is 30.3 Å². The van der Waals surface area contributed by atoms with Crippen LogP contribution >= 0.6 is 0 Å². The van der Waals surface area contributed by atoms with Crippen LogP contribution in [0.4, 0.5) is 4.79 Å². The standard InChI is InChI=1S/C16H24N2O2/c1-16(2,3)10-12-18-15(19)17-11-9-13-7-5-6-8-14(13)20-4/h5-8,10,12H,9,11H2,1-4H3,(H2,17,18,19)/b12-10+. The molecule has 2 amide bonds. The Morgan fingerprint density at radius 1 is 1.30 bits per heavy atom. The normalized spacial score (nSPS) is 11.4. The van der Waals surface area contributed by atoms with Crippen molar-refractivity contribution in [2.75, 3.05) is 13.7 Å². The molecule has 0 saturated heterocycles. The minimum atomic E-state index is -0.194. The van der Waals surface area contributed by atoms with Crippen LogP contribution in [0.2, 0.25) is 0 Å². The number of methoxy groups -OCH3 is 1. The van der Waals surface area contributed by atoms with Crippen molar-refractivity contribution in [2.24, 2.45) is 5.41 Å². The summed E-state index contributed by atoms with van der Waals surface area (Å²) in [5.41, 5.74) is 1.14. The predicted molar refractivity (Wildman–Crippen MR) is 81.8 cm³/mol. The topological polar surface area (TPSA) is 50.4 Å². The van der Waals surface area contributed by atoms with Gasteiger partial charge in [0.1, 0.15) is 5.75 Å². The molecule has 0 aromatic heterocycles. The molecule has 0 aliphatic heterocycles. The molecule has 2 N–H and O–H groups in total. The molecule has 4 heteroatoms. The Bertz CT molecular complexity index is 462. The van der Waals surface area contributed by atoms with Crippen LogP contribution in [0.1, 0.15) is 26.3 Å². The van der Waals surface area contributed by atoms with Gasteiger partial charge in [-0.25, -0.2) is 4.79 Å². The summed E-state index contributed by atoms with van der Waals surface area (Å²) in [6.45, 7) is 6.79.